The number of hydrogen-bond donors (Lipinski definition) is 0. The van der Waals surface area contributed by atoms with Crippen molar-refractivity contribution in [1.82, 2.24) is 4.90 Å². The van der Waals surface area contributed by atoms with Gasteiger partial charge in [0.25, 0.3) is 0 Å². The summed E-state index contributed by atoms with van der Waals surface area (Å²) >= 11 is 0. The third kappa shape index (κ3) is 2.60. The van der Waals surface area contributed by atoms with E-state index >= 15 is 0 Å². The summed E-state index contributed by atoms with van der Waals surface area (Å²) < 4.78 is 17.5. The Morgan fingerprint density at radius 2 is 1.92 bits per heavy atom. The molecular formula is C19H29NO5. The van der Waals surface area contributed by atoms with Gasteiger partial charge in [-0.25, -0.2) is 0 Å². The first-order chi connectivity index (χ1) is 12.0. The van der Waals surface area contributed by atoms with Gasteiger partial charge in [0.05, 0.1) is 24.0 Å². The van der Waals surface area contributed by atoms with E-state index in [9.17, 15) is 9.59 Å². The van der Waals surface area contributed by atoms with Crippen LogP contribution in [0.5, 0.6) is 0 Å². The van der Waals surface area contributed by atoms with E-state index in [2.05, 4.69) is 4.90 Å². The van der Waals surface area contributed by atoms with Crippen molar-refractivity contribution >= 4 is 11.9 Å². The molecule has 0 amide bonds. The number of nitrogens with zero attached hydrogens (tertiary/aromatic N) is 1. The molecule has 0 saturated carbocycles. The normalized spacial score (nSPS) is 47.6. The number of fused-ring (bicyclic) bond motifs is 2. The van der Waals surface area contributed by atoms with Crippen LogP contribution in [0.3, 0.4) is 0 Å². The Hall–Kier alpha value is -1.14. The van der Waals surface area contributed by atoms with Crippen molar-refractivity contribution in [3.8, 4) is 0 Å². The molecule has 6 nitrogen and oxygen atoms in total. The van der Waals surface area contributed by atoms with Crippen LogP contribution in [0.15, 0.2) is 0 Å². The highest BCUT2D eigenvalue weighted by molar-refractivity contribution is 5.75. The molecule has 140 valence electrons. The summed E-state index contributed by atoms with van der Waals surface area (Å²) in [4.78, 5) is 26.6. The third-order valence-corrected chi connectivity index (χ3v) is 6.84. The van der Waals surface area contributed by atoms with Crippen LogP contribution in [-0.2, 0) is 23.8 Å². The Labute approximate surface area is 149 Å². The van der Waals surface area contributed by atoms with Crippen LogP contribution in [0, 0.1) is 11.8 Å². The highest BCUT2D eigenvalue weighted by atomic mass is 16.6. The minimum absolute atomic E-state index is 0.0129. The Kier molecular flexibility index (Phi) is 4.31. The molecule has 4 aliphatic rings. The predicted octanol–water partition coefficient (Wildman–Crippen LogP) is 1.90. The molecule has 0 aliphatic carbocycles. The number of rotatable bonds is 2. The lowest BCUT2D eigenvalue weighted by atomic mass is 9.81. The average Bonchev–Trinajstić information content (AvgIpc) is 3.19. The molecule has 0 N–H and O–H groups in total. The van der Waals surface area contributed by atoms with Gasteiger partial charge in [-0.05, 0) is 38.6 Å². The van der Waals surface area contributed by atoms with E-state index in [-0.39, 0.29) is 48.1 Å². The van der Waals surface area contributed by atoms with Crippen LogP contribution < -0.4 is 0 Å². The van der Waals surface area contributed by atoms with Crippen LogP contribution >= 0.6 is 0 Å². The van der Waals surface area contributed by atoms with Gasteiger partial charge in [-0.15, -0.1) is 0 Å². The van der Waals surface area contributed by atoms with E-state index in [0.717, 1.165) is 45.1 Å². The fourth-order valence-electron chi connectivity index (χ4n) is 5.66. The van der Waals surface area contributed by atoms with Crippen molar-refractivity contribution in [1.29, 1.82) is 0 Å². The smallest absolute Gasteiger partial charge is 0.309 e. The highest BCUT2D eigenvalue weighted by Crippen LogP contribution is 2.48. The Balaban J connectivity index is 1.62. The van der Waals surface area contributed by atoms with Gasteiger partial charge in [-0.3, -0.25) is 14.5 Å². The van der Waals surface area contributed by atoms with Crippen molar-refractivity contribution in [3.63, 3.8) is 0 Å². The number of esters is 2. The summed E-state index contributed by atoms with van der Waals surface area (Å²) in [5.41, 5.74) is -0.551. The van der Waals surface area contributed by atoms with Gasteiger partial charge in [0.1, 0.15) is 6.10 Å². The minimum Gasteiger partial charge on any atom is -0.460 e. The number of methoxy groups -OCH3 is 1. The zero-order chi connectivity index (χ0) is 17.8. The van der Waals surface area contributed by atoms with E-state index in [1.165, 1.54) is 0 Å². The zero-order valence-electron chi connectivity index (χ0n) is 15.4. The lowest BCUT2D eigenvalue weighted by Crippen LogP contribution is -2.57. The second kappa shape index (κ2) is 6.23. The number of hydrogen-bond acceptors (Lipinski definition) is 6. The van der Waals surface area contributed by atoms with Crippen LogP contribution in [-0.4, -0.2) is 60.4 Å². The van der Waals surface area contributed by atoms with Gasteiger partial charge in [-0.1, -0.05) is 13.8 Å². The number of carbonyl (C=O) groups is 2. The van der Waals surface area contributed by atoms with Gasteiger partial charge >= 0.3 is 11.9 Å². The topological polar surface area (TPSA) is 65.1 Å². The molecule has 25 heavy (non-hydrogen) atoms. The first-order valence-corrected chi connectivity index (χ1v) is 9.68. The maximum atomic E-state index is 12.3. The molecule has 0 radical (unpaired) electrons. The summed E-state index contributed by atoms with van der Waals surface area (Å²) in [7, 11) is 1.73. The van der Waals surface area contributed by atoms with E-state index in [1.54, 1.807) is 7.11 Å². The van der Waals surface area contributed by atoms with Gasteiger partial charge < -0.3 is 14.2 Å². The third-order valence-electron chi connectivity index (χ3n) is 6.84. The fraction of sp³-hybridized carbons (Fsp3) is 0.895. The molecule has 0 aromatic heterocycles. The standard InChI is InChI=1S/C19H29NO5/c1-11-9-14(24-17(11)21)13-6-7-15-19(10-12(2)18(22)25-19)16(23-3)5-4-8-20(13)15/h11-16H,4-10H2,1-3H3. The summed E-state index contributed by atoms with van der Waals surface area (Å²) in [5, 5.41) is 0. The Morgan fingerprint density at radius 1 is 1.12 bits per heavy atom. The number of ether oxygens (including phenoxy) is 3. The largest absolute Gasteiger partial charge is 0.460 e. The lowest BCUT2D eigenvalue weighted by Gasteiger charge is -2.42. The minimum atomic E-state index is -0.551. The summed E-state index contributed by atoms with van der Waals surface area (Å²) in [6, 6.07) is 0.398. The molecule has 4 rings (SSSR count). The molecule has 6 heteroatoms. The first-order valence-electron chi connectivity index (χ1n) is 9.68. The Bertz CT molecular complexity index is 566. The molecule has 0 aromatic carbocycles. The van der Waals surface area contributed by atoms with Gasteiger partial charge in [-0.2, -0.15) is 0 Å². The molecule has 0 aromatic rings. The van der Waals surface area contributed by atoms with Crippen molar-refractivity contribution < 1.29 is 23.8 Å². The van der Waals surface area contributed by atoms with Crippen LogP contribution in [0.4, 0.5) is 0 Å². The summed E-state index contributed by atoms with van der Waals surface area (Å²) in [5.74, 6) is -0.274. The summed E-state index contributed by atoms with van der Waals surface area (Å²) in [6.45, 7) is 4.84. The number of carbonyl (C=O) groups excluding carboxylic acids is 2. The van der Waals surface area contributed by atoms with E-state index in [1.807, 2.05) is 13.8 Å². The van der Waals surface area contributed by atoms with E-state index in [0.29, 0.717) is 0 Å². The molecule has 1 spiro atoms. The van der Waals surface area contributed by atoms with E-state index < -0.39 is 5.60 Å². The highest BCUT2D eigenvalue weighted by Gasteiger charge is 2.61. The molecule has 4 heterocycles. The average molecular weight is 351 g/mol. The van der Waals surface area contributed by atoms with Gasteiger partial charge in [0.2, 0.25) is 0 Å². The molecule has 0 bridgehead atoms. The predicted molar refractivity (Wildman–Crippen MR) is 89.8 cm³/mol. The van der Waals surface area contributed by atoms with Crippen molar-refractivity contribution in [2.75, 3.05) is 13.7 Å². The van der Waals surface area contributed by atoms with E-state index in [4.69, 9.17) is 14.2 Å². The quantitative estimate of drug-likeness (QED) is 0.708. The van der Waals surface area contributed by atoms with Crippen molar-refractivity contribution in [3.05, 3.63) is 0 Å². The second-order valence-electron chi connectivity index (χ2n) is 8.36. The molecular weight excluding hydrogens is 322 g/mol. The molecule has 7 atom stereocenters. The van der Waals surface area contributed by atoms with Crippen molar-refractivity contribution in [2.45, 2.75) is 82.3 Å². The van der Waals surface area contributed by atoms with Crippen LogP contribution in [0.1, 0.15) is 52.4 Å². The molecule has 7 unspecified atom stereocenters. The van der Waals surface area contributed by atoms with Gasteiger partial charge in [0.15, 0.2) is 5.60 Å². The van der Waals surface area contributed by atoms with Crippen molar-refractivity contribution in [2.24, 2.45) is 11.8 Å². The fourth-order valence-corrected chi connectivity index (χ4v) is 5.66. The van der Waals surface area contributed by atoms with Gasteiger partial charge in [0, 0.05) is 19.6 Å². The molecule has 4 aliphatic heterocycles. The number of cyclic esters (lactones) is 1. The monoisotopic (exact) mass is 351 g/mol. The SMILES string of the molecule is COC1CCCN2C(C3CC(C)C(=O)O3)CCC2C12CC(C)C(=O)O2. The summed E-state index contributed by atoms with van der Waals surface area (Å²) in [6.07, 6.45) is 5.29. The maximum absolute atomic E-state index is 12.3. The first kappa shape index (κ1) is 17.3. The molecule has 4 saturated heterocycles. The van der Waals surface area contributed by atoms with Crippen LogP contribution in [0.2, 0.25) is 0 Å². The lowest BCUT2D eigenvalue weighted by molar-refractivity contribution is -0.172. The molecule has 4 fully saturated rings. The zero-order valence-corrected chi connectivity index (χ0v) is 15.4. The van der Waals surface area contributed by atoms with Crippen LogP contribution in [0.25, 0.3) is 0 Å². The maximum Gasteiger partial charge on any atom is 0.309 e. The second-order valence-corrected chi connectivity index (χ2v) is 8.36. The Morgan fingerprint density at radius 3 is 2.52 bits per heavy atom.